The number of benzene rings is 1. The average Bonchev–Trinajstić information content (AvgIpc) is 2.41. The average molecular weight is 383 g/mol. The van der Waals surface area contributed by atoms with Crippen molar-refractivity contribution in [3.8, 4) is 0 Å². The predicted octanol–water partition coefficient (Wildman–Crippen LogP) is 4.99. The summed E-state index contributed by atoms with van der Waals surface area (Å²) in [6.45, 7) is -0.197. The second kappa shape index (κ2) is 7.00. The molecule has 0 heterocycles. The van der Waals surface area contributed by atoms with Gasteiger partial charge in [-0.1, -0.05) is 0 Å². The van der Waals surface area contributed by atoms with Crippen LogP contribution in [0.15, 0.2) is 12.1 Å². The Labute approximate surface area is 134 Å². The topological polar surface area (TPSA) is 38.3 Å². The summed E-state index contributed by atoms with van der Waals surface area (Å²) < 4.78 is 120. The van der Waals surface area contributed by atoms with E-state index in [-0.39, 0.29) is 6.61 Å². The zero-order chi connectivity index (χ0) is 19.6. The molecule has 142 valence electrons. The largest absolute Gasteiger partial charge is 0.450 e. The van der Waals surface area contributed by atoms with E-state index in [1.807, 2.05) is 0 Å². The van der Waals surface area contributed by atoms with Crippen molar-refractivity contribution < 1.29 is 49.0 Å². The van der Waals surface area contributed by atoms with Crippen LogP contribution in [-0.4, -0.2) is 12.7 Å². The molecule has 1 amide bonds. The molecule has 1 rings (SSSR count). The molecule has 3 nitrogen and oxygen atoms in total. The number of carbonyl (C=O) groups is 1. The molecule has 0 radical (unpaired) electrons. The molecular formula is C13H10F9NO2. The fraction of sp³-hybridized carbons (Fsp3) is 0.462. The lowest BCUT2D eigenvalue weighted by Gasteiger charge is -2.21. The van der Waals surface area contributed by atoms with Gasteiger partial charge in [0.05, 0.1) is 23.3 Å². The summed E-state index contributed by atoms with van der Waals surface area (Å²) in [5.41, 5.74) is -7.94. The van der Waals surface area contributed by atoms with Gasteiger partial charge in [0, 0.05) is 6.54 Å². The first-order valence-corrected chi connectivity index (χ1v) is 6.47. The lowest BCUT2D eigenvalue weighted by atomic mass is 9.96. The molecule has 0 aliphatic rings. The van der Waals surface area contributed by atoms with Gasteiger partial charge in [-0.3, -0.25) is 0 Å². The maximum Gasteiger partial charge on any atom is 0.416 e. The zero-order valence-electron chi connectivity index (χ0n) is 12.3. The van der Waals surface area contributed by atoms with E-state index in [2.05, 4.69) is 4.74 Å². The van der Waals surface area contributed by atoms with Crippen molar-refractivity contribution in [2.75, 3.05) is 6.61 Å². The Morgan fingerprint density at radius 1 is 0.920 bits per heavy atom. The molecular weight excluding hydrogens is 373 g/mol. The van der Waals surface area contributed by atoms with Gasteiger partial charge in [0.2, 0.25) is 0 Å². The maximum atomic E-state index is 13.0. The molecule has 1 aromatic carbocycles. The van der Waals surface area contributed by atoms with E-state index in [1.54, 1.807) is 5.32 Å². The summed E-state index contributed by atoms with van der Waals surface area (Å²) in [7, 11) is 0. The second-order valence-electron chi connectivity index (χ2n) is 4.62. The normalized spacial score (nSPS) is 12.9. The first-order valence-electron chi connectivity index (χ1n) is 6.47. The first kappa shape index (κ1) is 20.9. The highest BCUT2D eigenvalue weighted by atomic mass is 19.4. The lowest BCUT2D eigenvalue weighted by molar-refractivity contribution is -0.149. The van der Waals surface area contributed by atoms with Gasteiger partial charge in [0.15, 0.2) is 0 Å². The molecule has 0 saturated carbocycles. The summed E-state index contributed by atoms with van der Waals surface area (Å²) in [5, 5.41) is 1.64. The fourth-order valence-electron chi connectivity index (χ4n) is 1.87. The monoisotopic (exact) mass is 383 g/mol. The van der Waals surface area contributed by atoms with Crippen LogP contribution in [0.25, 0.3) is 0 Å². The van der Waals surface area contributed by atoms with Crippen molar-refractivity contribution in [2.24, 2.45) is 0 Å². The van der Waals surface area contributed by atoms with Crippen LogP contribution in [0.5, 0.6) is 0 Å². The van der Waals surface area contributed by atoms with Gasteiger partial charge in [-0.2, -0.15) is 39.5 Å². The lowest BCUT2D eigenvalue weighted by Crippen LogP contribution is -2.28. The number of carbonyl (C=O) groups excluding carboxylic acids is 1. The van der Waals surface area contributed by atoms with Crippen molar-refractivity contribution in [3.05, 3.63) is 34.4 Å². The second-order valence-corrected chi connectivity index (χ2v) is 4.62. The Hall–Kier alpha value is -2.14. The quantitative estimate of drug-likeness (QED) is 0.747. The van der Waals surface area contributed by atoms with Crippen LogP contribution in [0.3, 0.4) is 0 Å². The summed E-state index contributed by atoms with van der Waals surface area (Å²) in [5.74, 6) is 0. The van der Waals surface area contributed by atoms with E-state index in [0.29, 0.717) is 0 Å². The number of alkyl halides is 9. The molecule has 12 heteroatoms. The smallest absolute Gasteiger partial charge is 0.416 e. The van der Waals surface area contributed by atoms with Crippen LogP contribution in [0.4, 0.5) is 44.3 Å². The number of rotatable bonds is 3. The molecule has 1 N–H and O–H groups in total. The number of amides is 1. The van der Waals surface area contributed by atoms with Crippen molar-refractivity contribution in [1.29, 1.82) is 0 Å². The van der Waals surface area contributed by atoms with Gasteiger partial charge in [-0.25, -0.2) is 4.79 Å². The number of hydrogen-bond acceptors (Lipinski definition) is 2. The first-order chi connectivity index (χ1) is 11.2. The van der Waals surface area contributed by atoms with E-state index >= 15 is 0 Å². The molecule has 0 fully saturated rings. The van der Waals surface area contributed by atoms with Crippen LogP contribution in [0, 0.1) is 0 Å². The van der Waals surface area contributed by atoms with Gasteiger partial charge >= 0.3 is 24.6 Å². The van der Waals surface area contributed by atoms with Gasteiger partial charge < -0.3 is 10.1 Å². The minimum absolute atomic E-state index is 0.211. The van der Waals surface area contributed by atoms with E-state index in [1.165, 1.54) is 6.92 Å². The molecule has 1 aromatic rings. The van der Waals surface area contributed by atoms with Crippen molar-refractivity contribution in [3.63, 3.8) is 0 Å². The third-order valence-corrected chi connectivity index (χ3v) is 2.87. The Balaban J connectivity index is 3.56. The molecule has 0 aliphatic heterocycles. The van der Waals surface area contributed by atoms with Gasteiger partial charge in [0.1, 0.15) is 0 Å². The Morgan fingerprint density at radius 2 is 1.36 bits per heavy atom. The van der Waals surface area contributed by atoms with Gasteiger partial charge in [-0.05, 0) is 24.6 Å². The standard InChI is InChI=1S/C13H10F9NO2/c1-2-25-10(24)23-5-7-8(12(17,18)19)3-6(11(14,15)16)4-9(7)13(20,21)22/h3-4H,2,5H2,1H3,(H,23,24). The highest BCUT2D eigenvalue weighted by Crippen LogP contribution is 2.43. The summed E-state index contributed by atoms with van der Waals surface area (Å²) in [6.07, 6.45) is -17.8. The number of ether oxygens (including phenoxy) is 1. The fourth-order valence-corrected chi connectivity index (χ4v) is 1.87. The third-order valence-electron chi connectivity index (χ3n) is 2.87. The van der Waals surface area contributed by atoms with Crippen LogP contribution in [0.2, 0.25) is 0 Å². The SMILES string of the molecule is CCOC(=O)NCc1c(C(F)(F)F)cc(C(F)(F)F)cc1C(F)(F)F. The number of halogens is 9. The van der Waals surface area contributed by atoms with E-state index in [9.17, 15) is 44.3 Å². The van der Waals surface area contributed by atoms with E-state index in [0.717, 1.165) is 0 Å². The van der Waals surface area contributed by atoms with Gasteiger partial charge in [-0.15, -0.1) is 0 Å². The number of alkyl carbamates (subject to hydrolysis) is 1. The van der Waals surface area contributed by atoms with Crippen molar-refractivity contribution in [2.45, 2.75) is 32.0 Å². The molecule has 0 bridgehead atoms. The van der Waals surface area contributed by atoms with Gasteiger partial charge in [0.25, 0.3) is 0 Å². The molecule has 0 unspecified atom stereocenters. The Morgan fingerprint density at radius 3 is 1.68 bits per heavy atom. The third kappa shape index (κ3) is 5.43. The minimum Gasteiger partial charge on any atom is -0.450 e. The zero-order valence-corrected chi connectivity index (χ0v) is 12.3. The molecule has 0 spiro atoms. The molecule has 0 saturated heterocycles. The predicted molar refractivity (Wildman–Crippen MR) is 65.3 cm³/mol. The van der Waals surface area contributed by atoms with Crippen LogP contribution in [-0.2, 0) is 29.8 Å². The van der Waals surface area contributed by atoms with E-state index in [4.69, 9.17) is 0 Å². The Kier molecular flexibility index (Phi) is 5.85. The van der Waals surface area contributed by atoms with Crippen LogP contribution < -0.4 is 5.32 Å². The highest BCUT2D eigenvalue weighted by Gasteiger charge is 2.44. The van der Waals surface area contributed by atoms with E-state index < -0.39 is 65.6 Å². The van der Waals surface area contributed by atoms with Crippen LogP contribution >= 0.6 is 0 Å². The molecule has 25 heavy (non-hydrogen) atoms. The number of hydrogen-bond donors (Lipinski definition) is 1. The number of nitrogens with one attached hydrogen (secondary N) is 1. The highest BCUT2D eigenvalue weighted by molar-refractivity contribution is 5.67. The van der Waals surface area contributed by atoms with Crippen molar-refractivity contribution in [1.82, 2.24) is 5.32 Å². The molecule has 0 aromatic heterocycles. The maximum absolute atomic E-state index is 13.0. The minimum atomic E-state index is -5.51. The summed E-state index contributed by atoms with van der Waals surface area (Å²) in [4.78, 5) is 11.1. The Bertz CT molecular complexity index is 597. The molecule has 0 aliphatic carbocycles. The molecule has 0 atom stereocenters. The summed E-state index contributed by atoms with van der Waals surface area (Å²) in [6, 6.07) is -0.866. The van der Waals surface area contributed by atoms with Crippen LogP contribution in [0.1, 0.15) is 29.2 Å². The summed E-state index contributed by atoms with van der Waals surface area (Å²) >= 11 is 0. The van der Waals surface area contributed by atoms with Crippen molar-refractivity contribution >= 4 is 6.09 Å².